The second kappa shape index (κ2) is 7.72. The number of hydrogen-bond acceptors (Lipinski definition) is 3. The first-order valence-corrected chi connectivity index (χ1v) is 7.15. The minimum atomic E-state index is -0.576. The molecule has 1 aromatic rings. The van der Waals surface area contributed by atoms with Gasteiger partial charge in [0.2, 0.25) is 0 Å². The lowest BCUT2D eigenvalue weighted by Crippen LogP contribution is -2.35. The second-order valence-electron chi connectivity index (χ2n) is 4.64. The number of methoxy groups -OCH3 is 1. The third kappa shape index (κ3) is 4.27. The normalized spacial score (nSPS) is 13.7. The molecule has 0 aliphatic rings. The molecule has 0 aliphatic heterocycles. The van der Waals surface area contributed by atoms with Crippen molar-refractivity contribution in [3.63, 3.8) is 0 Å². The van der Waals surface area contributed by atoms with Gasteiger partial charge in [-0.1, -0.05) is 43.5 Å². The highest BCUT2D eigenvalue weighted by atomic mass is 35.5. The van der Waals surface area contributed by atoms with Crippen LogP contribution in [0.2, 0.25) is 10.0 Å². The number of carbonyl (C=O) groups excluding carboxylic acids is 1. The zero-order valence-corrected chi connectivity index (χ0v) is 13.3. The van der Waals surface area contributed by atoms with Gasteiger partial charge in [-0.15, -0.1) is 0 Å². The molecular weight excluding hydrogens is 301 g/mol. The Hall–Kier alpha value is -0.970. The number of nitrogens with one attached hydrogen (secondary N) is 1. The molecule has 1 rings (SSSR count). The third-order valence-corrected chi connectivity index (χ3v) is 3.80. The van der Waals surface area contributed by atoms with Gasteiger partial charge in [0.05, 0.1) is 23.3 Å². The lowest BCUT2D eigenvalue weighted by Gasteiger charge is -2.17. The van der Waals surface area contributed by atoms with Gasteiger partial charge in [-0.3, -0.25) is 4.79 Å². The number of aliphatic hydroxyl groups excluding tert-OH is 1. The Morgan fingerprint density at radius 2 is 1.95 bits per heavy atom. The van der Waals surface area contributed by atoms with Gasteiger partial charge in [-0.2, -0.15) is 0 Å². The molecule has 0 saturated heterocycles. The molecule has 0 heterocycles. The van der Waals surface area contributed by atoms with Crippen molar-refractivity contribution in [3.8, 4) is 5.75 Å². The summed E-state index contributed by atoms with van der Waals surface area (Å²) in [6.45, 7) is 4.10. The van der Waals surface area contributed by atoms with E-state index in [1.165, 1.54) is 19.2 Å². The SMILES string of the molecule is CCC(C)C(O)CNC(=O)c1cc(Cl)c(OC)c(Cl)c1. The lowest BCUT2D eigenvalue weighted by atomic mass is 10.0. The maximum atomic E-state index is 12.0. The van der Waals surface area contributed by atoms with Gasteiger partial charge < -0.3 is 15.2 Å². The highest BCUT2D eigenvalue weighted by molar-refractivity contribution is 6.37. The van der Waals surface area contributed by atoms with Crippen molar-refractivity contribution in [2.75, 3.05) is 13.7 Å². The molecule has 112 valence electrons. The molecule has 0 aromatic heterocycles. The summed E-state index contributed by atoms with van der Waals surface area (Å²) in [7, 11) is 1.45. The summed E-state index contributed by atoms with van der Waals surface area (Å²) in [4.78, 5) is 12.0. The summed E-state index contributed by atoms with van der Waals surface area (Å²) in [6.07, 6.45) is 0.269. The van der Waals surface area contributed by atoms with Crippen LogP contribution in [0.25, 0.3) is 0 Å². The number of hydrogen-bond donors (Lipinski definition) is 2. The van der Waals surface area contributed by atoms with E-state index in [2.05, 4.69) is 5.32 Å². The first-order valence-electron chi connectivity index (χ1n) is 6.40. The lowest BCUT2D eigenvalue weighted by molar-refractivity contribution is 0.0850. The van der Waals surface area contributed by atoms with Crippen molar-refractivity contribution in [1.82, 2.24) is 5.32 Å². The van der Waals surface area contributed by atoms with E-state index in [0.717, 1.165) is 6.42 Å². The van der Waals surface area contributed by atoms with E-state index in [4.69, 9.17) is 27.9 Å². The predicted molar refractivity (Wildman–Crippen MR) is 80.8 cm³/mol. The molecular formula is C14H19Cl2NO3. The van der Waals surface area contributed by atoms with Crippen molar-refractivity contribution in [2.45, 2.75) is 26.4 Å². The largest absolute Gasteiger partial charge is 0.494 e. The fourth-order valence-corrected chi connectivity index (χ4v) is 2.30. The molecule has 4 nitrogen and oxygen atoms in total. The monoisotopic (exact) mass is 319 g/mol. The van der Waals surface area contributed by atoms with Gasteiger partial charge in [0, 0.05) is 12.1 Å². The number of halogens is 2. The molecule has 0 spiro atoms. The quantitative estimate of drug-likeness (QED) is 0.846. The summed E-state index contributed by atoms with van der Waals surface area (Å²) in [5.41, 5.74) is 0.331. The van der Waals surface area contributed by atoms with Crippen LogP contribution in [0.4, 0.5) is 0 Å². The van der Waals surface area contributed by atoms with E-state index < -0.39 is 6.10 Å². The molecule has 0 fully saturated rings. The van der Waals surface area contributed by atoms with Gasteiger partial charge in [0.1, 0.15) is 0 Å². The minimum Gasteiger partial charge on any atom is -0.494 e. The third-order valence-electron chi connectivity index (χ3n) is 3.24. The number of carbonyl (C=O) groups is 1. The zero-order valence-electron chi connectivity index (χ0n) is 11.7. The van der Waals surface area contributed by atoms with Gasteiger partial charge in [0.15, 0.2) is 5.75 Å². The molecule has 2 unspecified atom stereocenters. The topological polar surface area (TPSA) is 58.6 Å². The Morgan fingerprint density at radius 3 is 2.40 bits per heavy atom. The standard InChI is InChI=1S/C14H19Cl2NO3/c1-4-8(2)12(18)7-17-14(19)9-5-10(15)13(20-3)11(16)6-9/h5-6,8,12,18H,4,7H2,1-3H3,(H,17,19). The molecule has 0 bridgehead atoms. The zero-order chi connectivity index (χ0) is 15.3. The molecule has 1 amide bonds. The summed E-state index contributed by atoms with van der Waals surface area (Å²) >= 11 is 12.0. The average molecular weight is 320 g/mol. The van der Waals surface area contributed by atoms with Crippen LogP contribution < -0.4 is 10.1 Å². The van der Waals surface area contributed by atoms with E-state index in [1.807, 2.05) is 13.8 Å². The van der Waals surface area contributed by atoms with Crippen molar-refractivity contribution >= 4 is 29.1 Å². The molecule has 20 heavy (non-hydrogen) atoms. The summed E-state index contributed by atoms with van der Waals surface area (Å²) in [6, 6.07) is 2.97. The summed E-state index contributed by atoms with van der Waals surface area (Å²) < 4.78 is 5.02. The molecule has 0 saturated carbocycles. The van der Waals surface area contributed by atoms with Crippen LogP contribution >= 0.6 is 23.2 Å². The molecule has 0 radical (unpaired) electrons. The predicted octanol–water partition coefficient (Wildman–Crippen LogP) is 3.14. The Bertz CT molecular complexity index is 456. The smallest absolute Gasteiger partial charge is 0.251 e. The van der Waals surface area contributed by atoms with Gasteiger partial charge in [-0.05, 0) is 18.1 Å². The Morgan fingerprint density at radius 1 is 1.40 bits per heavy atom. The van der Waals surface area contributed by atoms with Gasteiger partial charge in [0.25, 0.3) is 5.91 Å². The van der Waals surface area contributed by atoms with Gasteiger partial charge in [-0.25, -0.2) is 0 Å². The number of amides is 1. The van der Waals surface area contributed by atoms with E-state index in [1.54, 1.807) is 0 Å². The first-order chi connectivity index (χ1) is 9.40. The highest BCUT2D eigenvalue weighted by Crippen LogP contribution is 2.33. The van der Waals surface area contributed by atoms with Crippen LogP contribution in [0.15, 0.2) is 12.1 Å². The van der Waals surface area contributed by atoms with Crippen LogP contribution in [-0.4, -0.2) is 30.8 Å². The van der Waals surface area contributed by atoms with Crippen LogP contribution in [0, 0.1) is 5.92 Å². The van der Waals surface area contributed by atoms with E-state index >= 15 is 0 Å². The molecule has 6 heteroatoms. The molecule has 2 atom stereocenters. The van der Waals surface area contributed by atoms with Crippen LogP contribution in [0.3, 0.4) is 0 Å². The van der Waals surface area contributed by atoms with E-state index in [0.29, 0.717) is 11.3 Å². The number of benzene rings is 1. The van der Waals surface area contributed by atoms with Crippen LogP contribution in [0.5, 0.6) is 5.75 Å². The van der Waals surface area contributed by atoms with Crippen molar-refractivity contribution < 1.29 is 14.6 Å². The maximum absolute atomic E-state index is 12.0. The van der Waals surface area contributed by atoms with Crippen molar-refractivity contribution in [1.29, 1.82) is 0 Å². The average Bonchev–Trinajstić information content (AvgIpc) is 2.42. The molecule has 1 aromatic carbocycles. The summed E-state index contributed by atoms with van der Waals surface area (Å²) in [5.74, 6) is 0.127. The molecule has 2 N–H and O–H groups in total. The second-order valence-corrected chi connectivity index (χ2v) is 5.45. The highest BCUT2D eigenvalue weighted by Gasteiger charge is 2.16. The Labute approximate surface area is 129 Å². The Balaban J connectivity index is 2.74. The fraction of sp³-hybridized carbons (Fsp3) is 0.500. The fourth-order valence-electron chi connectivity index (χ4n) is 1.66. The number of aliphatic hydroxyl groups is 1. The Kier molecular flexibility index (Phi) is 6.59. The van der Waals surface area contributed by atoms with Gasteiger partial charge >= 0.3 is 0 Å². The number of rotatable bonds is 6. The summed E-state index contributed by atoms with van der Waals surface area (Å²) in [5, 5.41) is 13.0. The maximum Gasteiger partial charge on any atom is 0.251 e. The van der Waals surface area contributed by atoms with Crippen LogP contribution in [0.1, 0.15) is 30.6 Å². The van der Waals surface area contributed by atoms with Crippen molar-refractivity contribution in [2.24, 2.45) is 5.92 Å². The minimum absolute atomic E-state index is 0.123. The van der Waals surface area contributed by atoms with E-state index in [-0.39, 0.29) is 28.4 Å². The van der Waals surface area contributed by atoms with E-state index in [9.17, 15) is 9.90 Å². The van der Waals surface area contributed by atoms with Crippen LogP contribution in [-0.2, 0) is 0 Å². The van der Waals surface area contributed by atoms with Crippen molar-refractivity contribution in [3.05, 3.63) is 27.7 Å². The molecule has 0 aliphatic carbocycles. The number of ether oxygens (including phenoxy) is 1. The first kappa shape index (κ1) is 17.1.